The van der Waals surface area contributed by atoms with E-state index in [0.29, 0.717) is 31.2 Å². The zero-order valence-electron chi connectivity index (χ0n) is 31.2. The average Bonchev–Trinajstić information content (AvgIpc) is 3.33. The lowest BCUT2D eigenvalue weighted by Crippen LogP contribution is -2.47. The molecule has 0 saturated heterocycles. The number of carbonyl (C=O) groups excluding carboxylic acids is 1. The van der Waals surface area contributed by atoms with E-state index in [-0.39, 0.29) is 29.2 Å². The third kappa shape index (κ3) is 12.4. The Balaban J connectivity index is 1.42. The minimum atomic E-state index is -2.14. The quantitative estimate of drug-likeness (QED) is 0.104. The fraction of sp³-hybridized carbons (Fsp3) is 0.548. The summed E-state index contributed by atoms with van der Waals surface area (Å²) in [4.78, 5) is 12.8. The Hall–Kier alpha value is -2.97. The summed E-state index contributed by atoms with van der Waals surface area (Å²) in [5.41, 5.74) is 4.90. The van der Waals surface area contributed by atoms with Crippen LogP contribution in [-0.4, -0.2) is 38.0 Å². The van der Waals surface area contributed by atoms with E-state index in [9.17, 15) is 9.90 Å². The molecule has 0 heterocycles. The van der Waals surface area contributed by atoms with Crippen molar-refractivity contribution in [2.75, 3.05) is 13.1 Å². The van der Waals surface area contributed by atoms with Crippen LogP contribution in [0.4, 0.5) is 0 Å². The van der Waals surface area contributed by atoms with Gasteiger partial charge in [0.2, 0.25) is 5.91 Å². The zero-order chi connectivity index (χ0) is 35.5. The van der Waals surface area contributed by atoms with E-state index >= 15 is 0 Å². The molecule has 3 aromatic carbocycles. The Bertz CT molecular complexity index is 1460. The van der Waals surface area contributed by atoms with E-state index in [2.05, 4.69) is 88.7 Å². The molecule has 1 saturated carbocycles. The van der Waals surface area contributed by atoms with Gasteiger partial charge in [-0.3, -0.25) is 4.79 Å². The van der Waals surface area contributed by atoms with Crippen LogP contribution in [0.5, 0.6) is 5.75 Å². The van der Waals surface area contributed by atoms with Crippen LogP contribution in [0, 0.1) is 5.92 Å². The van der Waals surface area contributed by atoms with Crippen molar-refractivity contribution in [3.05, 3.63) is 101 Å². The number of hydrogen-bond acceptors (Lipinski definition) is 5. The summed E-state index contributed by atoms with van der Waals surface area (Å²) in [5, 5.41) is 17.4. The highest BCUT2D eigenvalue weighted by molar-refractivity contribution is 6.74. The molecule has 49 heavy (non-hydrogen) atoms. The second-order valence-corrected chi connectivity index (χ2v) is 21.0. The third-order valence-corrected chi connectivity index (χ3v) is 14.9. The summed E-state index contributed by atoms with van der Waals surface area (Å²) in [6.07, 6.45) is 8.72. The molecule has 1 aliphatic rings. The zero-order valence-corrected chi connectivity index (χ0v) is 32.2. The SMILES string of the molecule is CC(C)(Cc1cccc(CC(=O)NCC2CCCCCC2)c1)NC[C@@H](O[Si](C)(C)C(C)(C)C)c1ccc(OCc2ccccc2)c(CO)c1. The van der Waals surface area contributed by atoms with E-state index < -0.39 is 8.32 Å². The lowest BCUT2D eigenvalue weighted by Gasteiger charge is -2.40. The number of hydrogen-bond donors (Lipinski definition) is 3. The van der Waals surface area contributed by atoms with Gasteiger partial charge in [0.15, 0.2) is 8.32 Å². The highest BCUT2D eigenvalue weighted by Gasteiger charge is 2.40. The minimum Gasteiger partial charge on any atom is -0.489 e. The van der Waals surface area contributed by atoms with Gasteiger partial charge < -0.3 is 24.9 Å². The van der Waals surface area contributed by atoms with Crippen LogP contribution in [0.1, 0.15) is 107 Å². The molecule has 1 atom stereocenters. The van der Waals surface area contributed by atoms with Crippen molar-refractivity contribution in [1.29, 1.82) is 0 Å². The highest BCUT2D eigenvalue weighted by Crippen LogP contribution is 2.40. The number of amides is 1. The first-order valence-corrected chi connectivity index (χ1v) is 21.3. The lowest BCUT2D eigenvalue weighted by atomic mass is 9.93. The predicted octanol–water partition coefficient (Wildman–Crippen LogP) is 9.06. The molecule has 0 spiro atoms. The molecule has 1 aliphatic carbocycles. The largest absolute Gasteiger partial charge is 0.489 e. The fourth-order valence-corrected chi connectivity index (χ4v) is 7.71. The molecule has 1 fully saturated rings. The lowest BCUT2D eigenvalue weighted by molar-refractivity contribution is -0.120. The molecule has 0 unspecified atom stereocenters. The second-order valence-electron chi connectivity index (χ2n) is 16.3. The summed E-state index contributed by atoms with van der Waals surface area (Å²) < 4.78 is 13.2. The van der Waals surface area contributed by atoms with E-state index in [1.54, 1.807) is 0 Å². The van der Waals surface area contributed by atoms with Crippen molar-refractivity contribution in [3.63, 3.8) is 0 Å². The van der Waals surface area contributed by atoms with Gasteiger partial charge in [0.25, 0.3) is 0 Å². The molecule has 0 bridgehead atoms. The van der Waals surface area contributed by atoms with Crippen LogP contribution >= 0.6 is 0 Å². The Labute approximate surface area is 297 Å². The van der Waals surface area contributed by atoms with Gasteiger partial charge in [0.1, 0.15) is 12.4 Å². The number of ether oxygens (including phenoxy) is 1. The normalized spacial score (nSPS) is 15.4. The van der Waals surface area contributed by atoms with Crippen molar-refractivity contribution >= 4 is 14.2 Å². The average molecular weight is 687 g/mol. The summed E-state index contributed by atoms with van der Waals surface area (Å²) >= 11 is 0. The standard InChI is InChI=1S/C42H62N2O4Si/c1-41(2,3)49(6,7)48-39(36-22-23-38(37(26-36)30-45)47-31-33-18-13-10-14-19-33)29-44-42(4,5)27-35-21-15-20-34(24-35)25-40(46)43-28-32-16-11-8-9-12-17-32/h10,13-15,18-24,26,32,39,44-45H,8-9,11-12,16-17,25,27-31H2,1-7H3,(H,43,46)/t39-/m1/s1. The van der Waals surface area contributed by atoms with Gasteiger partial charge >= 0.3 is 0 Å². The number of aliphatic hydroxyl groups excluding tert-OH is 1. The van der Waals surface area contributed by atoms with Gasteiger partial charge in [0.05, 0.1) is 19.1 Å². The topological polar surface area (TPSA) is 79.8 Å². The third-order valence-electron chi connectivity index (χ3n) is 10.4. The van der Waals surface area contributed by atoms with Crippen LogP contribution in [0.3, 0.4) is 0 Å². The van der Waals surface area contributed by atoms with Crippen LogP contribution in [0.2, 0.25) is 18.1 Å². The fourth-order valence-electron chi connectivity index (χ4n) is 6.42. The predicted molar refractivity (Wildman–Crippen MR) is 204 cm³/mol. The molecular weight excluding hydrogens is 625 g/mol. The van der Waals surface area contributed by atoms with Gasteiger partial charge in [-0.15, -0.1) is 0 Å². The number of benzene rings is 3. The minimum absolute atomic E-state index is 0.0434. The Morgan fingerprint density at radius 3 is 2.22 bits per heavy atom. The van der Waals surface area contributed by atoms with Crippen LogP contribution < -0.4 is 15.4 Å². The number of nitrogens with one attached hydrogen (secondary N) is 2. The summed E-state index contributed by atoms with van der Waals surface area (Å²) in [6.45, 7) is 17.6. The first-order valence-electron chi connectivity index (χ1n) is 18.4. The molecule has 1 amide bonds. The molecule has 268 valence electrons. The first kappa shape index (κ1) is 38.8. The van der Waals surface area contributed by atoms with Crippen LogP contribution in [-0.2, 0) is 35.3 Å². The maximum atomic E-state index is 12.8. The molecular formula is C42H62N2O4Si. The molecule has 3 N–H and O–H groups in total. The van der Waals surface area contributed by atoms with Crippen molar-refractivity contribution in [2.45, 2.75) is 129 Å². The molecule has 0 aromatic heterocycles. The Morgan fingerprint density at radius 1 is 0.878 bits per heavy atom. The second kappa shape index (κ2) is 17.8. The van der Waals surface area contributed by atoms with Crippen molar-refractivity contribution < 1.29 is 19.1 Å². The maximum Gasteiger partial charge on any atom is 0.224 e. The van der Waals surface area contributed by atoms with Crippen molar-refractivity contribution in [1.82, 2.24) is 10.6 Å². The Kier molecular flexibility index (Phi) is 14.1. The van der Waals surface area contributed by atoms with Crippen LogP contribution in [0.15, 0.2) is 72.8 Å². The van der Waals surface area contributed by atoms with Gasteiger partial charge in [-0.25, -0.2) is 0 Å². The number of rotatable bonds is 16. The van der Waals surface area contributed by atoms with E-state index in [4.69, 9.17) is 9.16 Å². The van der Waals surface area contributed by atoms with Gasteiger partial charge in [-0.1, -0.05) is 107 Å². The van der Waals surface area contributed by atoms with Crippen molar-refractivity contribution in [2.24, 2.45) is 5.92 Å². The first-order chi connectivity index (χ1) is 23.2. The molecule has 0 radical (unpaired) electrons. The molecule has 3 aromatic rings. The summed E-state index contributed by atoms with van der Waals surface area (Å²) in [7, 11) is -2.14. The van der Waals surface area contributed by atoms with E-state index in [0.717, 1.165) is 35.2 Å². The van der Waals surface area contributed by atoms with E-state index in [1.165, 1.54) is 44.1 Å². The van der Waals surface area contributed by atoms with Gasteiger partial charge in [-0.05, 0) is 91.5 Å². The Morgan fingerprint density at radius 2 is 1.55 bits per heavy atom. The summed E-state index contributed by atoms with van der Waals surface area (Å²) in [5.74, 6) is 1.42. The van der Waals surface area contributed by atoms with Gasteiger partial charge in [-0.2, -0.15) is 0 Å². The van der Waals surface area contributed by atoms with Crippen LogP contribution in [0.25, 0.3) is 0 Å². The summed E-state index contributed by atoms with van der Waals surface area (Å²) in [6, 6.07) is 24.6. The molecule has 7 heteroatoms. The smallest absolute Gasteiger partial charge is 0.224 e. The number of aliphatic hydroxyl groups is 1. The van der Waals surface area contributed by atoms with Gasteiger partial charge in [0, 0.05) is 24.2 Å². The molecule has 4 rings (SSSR count). The van der Waals surface area contributed by atoms with E-state index in [1.807, 2.05) is 42.5 Å². The number of carbonyl (C=O) groups is 1. The van der Waals surface area contributed by atoms with Crippen molar-refractivity contribution in [3.8, 4) is 5.75 Å². The monoisotopic (exact) mass is 686 g/mol. The molecule has 0 aliphatic heterocycles. The maximum absolute atomic E-state index is 12.8. The molecule has 6 nitrogen and oxygen atoms in total. The highest BCUT2D eigenvalue weighted by atomic mass is 28.4.